The molecule has 0 aliphatic rings. The summed E-state index contributed by atoms with van der Waals surface area (Å²) >= 11 is 0. The second kappa shape index (κ2) is 6.55. The molecule has 3 aromatic carbocycles. The van der Waals surface area contributed by atoms with Gasteiger partial charge >= 0.3 is 5.97 Å². The van der Waals surface area contributed by atoms with Gasteiger partial charge in [-0.1, -0.05) is 48.5 Å². The van der Waals surface area contributed by atoms with Crippen molar-refractivity contribution >= 4 is 33.6 Å². The van der Waals surface area contributed by atoms with Crippen molar-refractivity contribution in [3.8, 4) is 6.07 Å². The number of nitriles is 1. The Morgan fingerprint density at radius 1 is 1.04 bits per heavy atom. The number of fused-ring (bicyclic) bond motifs is 2. The summed E-state index contributed by atoms with van der Waals surface area (Å²) in [7, 11) is 0. The first-order chi connectivity index (χ1) is 11.7. The first-order valence-electron chi connectivity index (χ1n) is 7.86. The largest absolute Gasteiger partial charge is 0.462 e. The second-order valence-electron chi connectivity index (χ2n) is 5.52. The molecule has 0 fully saturated rings. The molecule has 3 heteroatoms. The molecule has 0 heterocycles. The molecule has 118 valence electrons. The van der Waals surface area contributed by atoms with Gasteiger partial charge in [0.2, 0.25) is 0 Å². The fourth-order valence-corrected chi connectivity index (χ4v) is 3.03. The van der Waals surface area contributed by atoms with Crippen molar-refractivity contribution in [1.29, 1.82) is 5.26 Å². The van der Waals surface area contributed by atoms with Gasteiger partial charge in [0.1, 0.15) is 11.6 Å². The van der Waals surface area contributed by atoms with Gasteiger partial charge in [-0.15, -0.1) is 0 Å². The summed E-state index contributed by atoms with van der Waals surface area (Å²) < 4.78 is 4.99. The lowest BCUT2D eigenvalue weighted by Gasteiger charge is -2.12. The maximum absolute atomic E-state index is 12.0. The highest BCUT2D eigenvalue weighted by atomic mass is 16.5. The predicted octanol–water partition coefficient (Wildman–Crippen LogP) is 4.77. The maximum Gasteiger partial charge on any atom is 0.348 e. The monoisotopic (exact) mass is 315 g/mol. The molecule has 3 aromatic rings. The Morgan fingerprint density at radius 3 is 2.00 bits per heavy atom. The number of carbonyl (C=O) groups is 1. The van der Waals surface area contributed by atoms with Gasteiger partial charge in [0.15, 0.2) is 0 Å². The smallest absolute Gasteiger partial charge is 0.348 e. The fraction of sp³-hybridized carbons (Fsp3) is 0.143. The van der Waals surface area contributed by atoms with Crippen molar-refractivity contribution in [3.63, 3.8) is 0 Å². The zero-order valence-corrected chi connectivity index (χ0v) is 13.7. The molecule has 0 radical (unpaired) electrons. The summed E-state index contributed by atoms with van der Waals surface area (Å²) in [6.45, 7) is 4.06. The van der Waals surface area contributed by atoms with Gasteiger partial charge in [0, 0.05) is 0 Å². The molecule has 0 bridgehead atoms. The third-order valence-corrected chi connectivity index (χ3v) is 4.15. The fourth-order valence-electron chi connectivity index (χ4n) is 3.03. The van der Waals surface area contributed by atoms with Crippen LogP contribution in [0.1, 0.15) is 18.1 Å². The Kier molecular flexibility index (Phi) is 4.31. The lowest BCUT2D eigenvalue weighted by atomic mass is 9.91. The molecule has 3 rings (SSSR count). The SMILES string of the molecule is CCOC(=O)/C(C#N)=C/c1c2ccccc2c(C)c2ccccc12. The quantitative estimate of drug-likeness (QED) is 0.303. The Morgan fingerprint density at radius 2 is 1.54 bits per heavy atom. The third kappa shape index (κ3) is 2.63. The van der Waals surface area contributed by atoms with Gasteiger partial charge in [0.05, 0.1) is 6.61 Å². The average molecular weight is 315 g/mol. The van der Waals surface area contributed by atoms with Crippen molar-refractivity contribution in [1.82, 2.24) is 0 Å². The number of nitrogens with zero attached hydrogens (tertiary/aromatic N) is 1. The molecule has 0 aromatic heterocycles. The molecule has 0 saturated heterocycles. The minimum Gasteiger partial charge on any atom is -0.462 e. The number of hydrogen-bond acceptors (Lipinski definition) is 3. The predicted molar refractivity (Wildman–Crippen MR) is 96.4 cm³/mol. The molecular formula is C21H17NO2. The van der Waals surface area contributed by atoms with Gasteiger partial charge in [0.25, 0.3) is 0 Å². The molecule has 0 saturated carbocycles. The van der Waals surface area contributed by atoms with Crippen molar-refractivity contribution < 1.29 is 9.53 Å². The number of ether oxygens (including phenoxy) is 1. The van der Waals surface area contributed by atoms with Crippen molar-refractivity contribution in [2.45, 2.75) is 13.8 Å². The lowest BCUT2D eigenvalue weighted by molar-refractivity contribution is -0.137. The number of esters is 1. The summed E-state index contributed by atoms with van der Waals surface area (Å²) in [5, 5.41) is 13.6. The number of hydrogen-bond donors (Lipinski definition) is 0. The van der Waals surface area contributed by atoms with E-state index in [0.29, 0.717) is 0 Å². The van der Waals surface area contributed by atoms with Gasteiger partial charge in [-0.2, -0.15) is 5.26 Å². The molecule has 0 aliphatic heterocycles. The van der Waals surface area contributed by atoms with E-state index in [1.165, 1.54) is 5.56 Å². The van der Waals surface area contributed by atoms with Crippen LogP contribution in [0.4, 0.5) is 0 Å². The summed E-state index contributed by atoms with van der Waals surface area (Å²) in [5.41, 5.74) is 2.07. The Bertz CT molecular complexity index is 952. The zero-order valence-electron chi connectivity index (χ0n) is 13.7. The summed E-state index contributed by atoms with van der Waals surface area (Å²) in [4.78, 5) is 12.0. The first-order valence-corrected chi connectivity index (χ1v) is 7.86. The van der Waals surface area contributed by atoms with E-state index in [1.54, 1.807) is 13.0 Å². The van der Waals surface area contributed by atoms with E-state index < -0.39 is 5.97 Å². The number of benzene rings is 3. The van der Waals surface area contributed by atoms with Crippen LogP contribution in [0, 0.1) is 18.3 Å². The standard InChI is InChI=1S/C21H17NO2/c1-3-24-21(23)15(13-22)12-20-18-10-6-4-8-16(18)14(2)17-9-5-7-11-19(17)20/h4-12H,3H2,1-2H3/b15-12+. The summed E-state index contributed by atoms with van der Waals surface area (Å²) in [6, 6.07) is 18.0. The molecule has 24 heavy (non-hydrogen) atoms. The molecule has 0 N–H and O–H groups in total. The van der Waals surface area contributed by atoms with E-state index >= 15 is 0 Å². The molecule has 0 atom stereocenters. The molecule has 3 nitrogen and oxygen atoms in total. The normalized spacial score (nSPS) is 11.5. The minimum atomic E-state index is -0.589. The van der Waals surface area contributed by atoms with E-state index in [4.69, 9.17) is 4.74 Å². The Hall–Kier alpha value is -3.12. The van der Waals surface area contributed by atoms with Crippen LogP contribution in [-0.2, 0) is 9.53 Å². The van der Waals surface area contributed by atoms with Crippen molar-refractivity contribution in [2.75, 3.05) is 6.61 Å². The number of rotatable bonds is 3. The number of aryl methyl sites for hydroxylation is 1. The van der Waals surface area contributed by atoms with Crippen LogP contribution in [0.3, 0.4) is 0 Å². The highest BCUT2D eigenvalue weighted by Crippen LogP contribution is 2.33. The van der Waals surface area contributed by atoms with Crippen LogP contribution in [-0.4, -0.2) is 12.6 Å². The van der Waals surface area contributed by atoms with Gasteiger partial charge < -0.3 is 4.74 Å². The van der Waals surface area contributed by atoms with E-state index in [0.717, 1.165) is 27.1 Å². The molecule has 0 aliphatic carbocycles. The highest BCUT2D eigenvalue weighted by Gasteiger charge is 2.14. The van der Waals surface area contributed by atoms with E-state index in [9.17, 15) is 10.1 Å². The van der Waals surface area contributed by atoms with Crippen LogP contribution in [0.15, 0.2) is 54.1 Å². The molecular weight excluding hydrogens is 298 g/mol. The molecule has 0 amide bonds. The van der Waals surface area contributed by atoms with Crippen LogP contribution in [0.2, 0.25) is 0 Å². The van der Waals surface area contributed by atoms with E-state index in [-0.39, 0.29) is 12.2 Å². The van der Waals surface area contributed by atoms with Crippen LogP contribution in [0.5, 0.6) is 0 Å². The lowest BCUT2D eigenvalue weighted by Crippen LogP contribution is -2.06. The average Bonchev–Trinajstić information content (AvgIpc) is 2.62. The summed E-state index contributed by atoms with van der Waals surface area (Å²) in [6.07, 6.45) is 1.64. The molecule has 0 spiro atoms. The minimum absolute atomic E-state index is 0.0102. The van der Waals surface area contributed by atoms with Crippen molar-refractivity contribution in [2.24, 2.45) is 0 Å². The maximum atomic E-state index is 12.0. The zero-order chi connectivity index (χ0) is 17.1. The Labute approximate surface area is 140 Å². The van der Waals surface area contributed by atoms with Crippen molar-refractivity contribution in [3.05, 3.63) is 65.2 Å². The molecule has 0 unspecified atom stereocenters. The van der Waals surface area contributed by atoms with Crippen LogP contribution >= 0.6 is 0 Å². The van der Waals surface area contributed by atoms with E-state index in [1.807, 2.05) is 42.5 Å². The highest BCUT2D eigenvalue weighted by molar-refractivity contribution is 6.12. The van der Waals surface area contributed by atoms with E-state index in [2.05, 4.69) is 19.1 Å². The van der Waals surface area contributed by atoms with Crippen LogP contribution in [0.25, 0.3) is 27.6 Å². The van der Waals surface area contributed by atoms with Gasteiger partial charge in [-0.05, 0) is 52.6 Å². The Balaban J connectivity index is 2.39. The van der Waals surface area contributed by atoms with Gasteiger partial charge in [-0.3, -0.25) is 0 Å². The number of carbonyl (C=O) groups excluding carboxylic acids is 1. The second-order valence-corrected chi connectivity index (χ2v) is 5.52. The topological polar surface area (TPSA) is 50.1 Å². The summed E-state index contributed by atoms with van der Waals surface area (Å²) in [5.74, 6) is -0.589. The third-order valence-electron chi connectivity index (χ3n) is 4.15. The van der Waals surface area contributed by atoms with Gasteiger partial charge in [-0.25, -0.2) is 4.79 Å². The van der Waals surface area contributed by atoms with Crippen LogP contribution < -0.4 is 0 Å². The first kappa shape index (κ1) is 15.8.